The van der Waals surface area contributed by atoms with Crippen LogP contribution in [0.25, 0.3) is 12.2 Å². The molecule has 0 spiro atoms. The number of hydrogen-bond acceptors (Lipinski definition) is 3. The third-order valence-corrected chi connectivity index (χ3v) is 2.81. The minimum absolute atomic E-state index is 0.0558. The molecule has 3 nitrogen and oxygen atoms in total. The van der Waals surface area contributed by atoms with Gasteiger partial charge in [0.05, 0.1) is 0 Å². The summed E-state index contributed by atoms with van der Waals surface area (Å²) in [7, 11) is 0. The van der Waals surface area contributed by atoms with Crippen molar-refractivity contribution in [3.05, 3.63) is 60.2 Å². The molecule has 0 saturated carbocycles. The predicted molar refractivity (Wildman–Crippen MR) is 76.4 cm³/mol. The van der Waals surface area contributed by atoms with Gasteiger partial charge in [0.1, 0.15) is 11.5 Å². The van der Waals surface area contributed by atoms with Crippen LogP contribution in [-0.4, -0.2) is 10.2 Å². The minimum Gasteiger partial charge on any atom is -0.504 e. The van der Waals surface area contributed by atoms with Crippen LogP contribution in [0.4, 0.5) is 8.78 Å². The number of halogens is 2. The highest BCUT2D eigenvalue weighted by atomic mass is 19.1. The van der Waals surface area contributed by atoms with E-state index in [2.05, 4.69) is 13.2 Å². The van der Waals surface area contributed by atoms with Crippen molar-refractivity contribution in [1.29, 1.82) is 0 Å². The lowest BCUT2D eigenvalue weighted by atomic mass is 10.1. The first-order valence-corrected chi connectivity index (χ1v) is 5.94. The highest BCUT2D eigenvalue weighted by molar-refractivity contribution is 5.60. The van der Waals surface area contributed by atoms with E-state index in [0.717, 1.165) is 12.1 Å². The molecule has 2 rings (SSSR count). The van der Waals surface area contributed by atoms with Crippen molar-refractivity contribution >= 4 is 12.2 Å². The Hall–Kier alpha value is -2.82. The number of rotatable bonds is 4. The maximum Gasteiger partial charge on any atom is 0.169 e. The van der Waals surface area contributed by atoms with Gasteiger partial charge in [0.2, 0.25) is 0 Å². The minimum atomic E-state index is -0.884. The van der Waals surface area contributed by atoms with Crippen molar-refractivity contribution in [2.45, 2.75) is 0 Å². The van der Waals surface area contributed by atoms with Gasteiger partial charge in [-0.2, -0.15) is 0 Å². The topological polar surface area (TPSA) is 49.7 Å². The molecule has 0 bridgehead atoms. The molecule has 0 heterocycles. The zero-order valence-electron chi connectivity index (χ0n) is 10.9. The lowest BCUT2D eigenvalue weighted by molar-refractivity contribution is 0.415. The number of aromatic hydroxyl groups is 2. The molecule has 0 unspecified atom stereocenters. The van der Waals surface area contributed by atoms with Gasteiger partial charge in [-0.15, -0.1) is 0 Å². The van der Waals surface area contributed by atoms with E-state index in [4.69, 9.17) is 4.74 Å². The summed E-state index contributed by atoms with van der Waals surface area (Å²) in [4.78, 5) is 0. The second-order valence-electron chi connectivity index (χ2n) is 4.20. The van der Waals surface area contributed by atoms with Crippen molar-refractivity contribution in [1.82, 2.24) is 0 Å². The van der Waals surface area contributed by atoms with Gasteiger partial charge in [0.25, 0.3) is 0 Å². The fraction of sp³-hybridized carbons (Fsp3) is 0. The van der Waals surface area contributed by atoms with E-state index < -0.39 is 23.1 Å². The Morgan fingerprint density at radius 3 is 1.52 bits per heavy atom. The van der Waals surface area contributed by atoms with Crippen LogP contribution in [-0.2, 0) is 0 Å². The number of phenols is 2. The van der Waals surface area contributed by atoms with Crippen LogP contribution < -0.4 is 4.74 Å². The third-order valence-electron chi connectivity index (χ3n) is 2.81. The molecule has 0 fully saturated rings. The largest absolute Gasteiger partial charge is 0.504 e. The van der Waals surface area contributed by atoms with Gasteiger partial charge in [-0.3, -0.25) is 0 Å². The molecular weight excluding hydrogens is 278 g/mol. The molecule has 0 saturated heterocycles. The van der Waals surface area contributed by atoms with Gasteiger partial charge in [-0.1, -0.05) is 25.3 Å². The summed E-state index contributed by atoms with van der Waals surface area (Å²) in [5, 5.41) is 18.9. The Bertz CT molecular complexity index is 662. The predicted octanol–water partition coefficient (Wildman–Crippen LogP) is 4.45. The van der Waals surface area contributed by atoms with E-state index >= 15 is 0 Å². The molecule has 0 aliphatic heterocycles. The molecule has 2 aromatic rings. The van der Waals surface area contributed by atoms with Gasteiger partial charge in [0, 0.05) is 23.3 Å². The lowest BCUT2D eigenvalue weighted by Gasteiger charge is -2.10. The monoisotopic (exact) mass is 290 g/mol. The first kappa shape index (κ1) is 14.6. The van der Waals surface area contributed by atoms with Crippen LogP contribution in [0, 0.1) is 11.6 Å². The van der Waals surface area contributed by atoms with Gasteiger partial charge < -0.3 is 14.9 Å². The number of hydrogen-bond donors (Lipinski definition) is 2. The molecule has 0 amide bonds. The van der Waals surface area contributed by atoms with Crippen LogP contribution in [0.15, 0.2) is 37.4 Å². The van der Waals surface area contributed by atoms with Crippen LogP contribution in [0.3, 0.4) is 0 Å². The lowest BCUT2D eigenvalue weighted by Crippen LogP contribution is -1.91. The molecule has 0 aromatic heterocycles. The highest BCUT2D eigenvalue weighted by Crippen LogP contribution is 2.33. The summed E-state index contributed by atoms with van der Waals surface area (Å²) in [6.07, 6.45) is 2.52. The second kappa shape index (κ2) is 5.66. The molecule has 5 heteroatoms. The maximum absolute atomic E-state index is 13.5. The quantitative estimate of drug-likeness (QED) is 0.874. The SMILES string of the molecule is C=Cc1cc(Oc2cc(F)c(O)c(C=C)c2)cc(F)c1O. The molecule has 108 valence electrons. The summed E-state index contributed by atoms with van der Waals surface area (Å²) in [6.45, 7) is 6.89. The Balaban J connectivity index is 2.43. The molecule has 21 heavy (non-hydrogen) atoms. The summed E-state index contributed by atoms with van der Waals surface area (Å²) in [6, 6.07) is 4.62. The number of ether oxygens (including phenoxy) is 1. The Morgan fingerprint density at radius 1 is 0.810 bits per heavy atom. The van der Waals surface area contributed by atoms with Gasteiger partial charge in [-0.05, 0) is 12.1 Å². The average Bonchev–Trinajstić information content (AvgIpc) is 2.46. The fourth-order valence-corrected chi connectivity index (χ4v) is 1.75. The average molecular weight is 290 g/mol. The standard InChI is InChI=1S/C16H12F2O3/c1-3-9-5-11(7-13(17)15(9)19)21-12-6-10(4-2)16(20)14(18)8-12/h3-8,19-20H,1-2H2. The molecule has 0 radical (unpaired) electrons. The molecule has 0 aliphatic carbocycles. The molecule has 0 atom stereocenters. The summed E-state index contributed by atoms with van der Waals surface area (Å²) in [5.41, 5.74) is 0.293. The summed E-state index contributed by atoms with van der Waals surface area (Å²) < 4.78 is 32.4. The molecule has 2 N–H and O–H groups in total. The third kappa shape index (κ3) is 2.86. The normalized spacial score (nSPS) is 10.2. The first-order chi connectivity index (χ1) is 9.96. The van der Waals surface area contributed by atoms with E-state index in [1.807, 2.05) is 0 Å². The molecule has 2 aromatic carbocycles. The van der Waals surface area contributed by atoms with Crippen molar-refractivity contribution in [3.63, 3.8) is 0 Å². The smallest absolute Gasteiger partial charge is 0.169 e. The highest BCUT2D eigenvalue weighted by Gasteiger charge is 2.12. The summed E-state index contributed by atoms with van der Waals surface area (Å²) >= 11 is 0. The van der Waals surface area contributed by atoms with Gasteiger partial charge >= 0.3 is 0 Å². The van der Waals surface area contributed by atoms with Crippen LogP contribution in [0.5, 0.6) is 23.0 Å². The van der Waals surface area contributed by atoms with Crippen molar-refractivity contribution in [2.75, 3.05) is 0 Å². The van der Waals surface area contributed by atoms with E-state index in [9.17, 15) is 19.0 Å². The zero-order valence-corrected chi connectivity index (χ0v) is 10.9. The van der Waals surface area contributed by atoms with Crippen molar-refractivity contribution < 1.29 is 23.7 Å². The van der Waals surface area contributed by atoms with Gasteiger partial charge in [-0.25, -0.2) is 8.78 Å². The van der Waals surface area contributed by atoms with Crippen LogP contribution in [0.2, 0.25) is 0 Å². The van der Waals surface area contributed by atoms with Gasteiger partial charge in [0.15, 0.2) is 23.1 Å². The van der Waals surface area contributed by atoms with Crippen molar-refractivity contribution in [3.8, 4) is 23.0 Å². The Labute approximate surface area is 120 Å². The Morgan fingerprint density at radius 2 is 1.19 bits per heavy atom. The maximum atomic E-state index is 13.5. The van der Waals surface area contributed by atoms with Crippen molar-refractivity contribution in [2.24, 2.45) is 0 Å². The summed E-state index contributed by atoms with van der Waals surface area (Å²) in [5.74, 6) is -2.74. The fourth-order valence-electron chi connectivity index (χ4n) is 1.75. The van der Waals surface area contributed by atoms with Crippen LogP contribution in [0.1, 0.15) is 11.1 Å². The molecule has 0 aliphatic rings. The van der Waals surface area contributed by atoms with E-state index in [0.29, 0.717) is 0 Å². The van der Waals surface area contributed by atoms with E-state index in [1.54, 1.807) is 0 Å². The first-order valence-electron chi connectivity index (χ1n) is 5.94. The van der Waals surface area contributed by atoms with E-state index in [1.165, 1.54) is 24.3 Å². The Kier molecular flexibility index (Phi) is 3.93. The molecular formula is C16H12F2O3. The number of benzene rings is 2. The zero-order chi connectivity index (χ0) is 15.6. The number of phenolic OH excluding ortho intramolecular Hbond substituents is 2. The van der Waals surface area contributed by atoms with Crippen LogP contribution >= 0.6 is 0 Å². The van der Waals surface area contributed by atoms with E-state index in [-0.39, 0.29) is 22.6 Å². The second-order valence-corrected chi connectivity index (χ2v) is 4.20.